The predicted octanol–water partition coefficient (Wildman–Crippen LogP) is 4.46. The van der Waals surface area contributed by atoms with Crippen LogP contribution in [0.15, 0.2) is 24.5 Å². The Labute approximate surface area is 194 Å². The summed E-state index contributed by atoms with van der Waals surface area (Å²) in [7, 11) is 0. The maximum atomic E-state index is 13.8. The third kappa shape index (κ3) is 3.25. The number of morpholine rings is 1. The first kappa shape index (κ1) is 21.6. The molecule has 178 valence electrons. The lowest BCUT2D eigenvalue weighted by molar-refractivity contribution is -0.319. The molecule has 0 bridgehead atoms. The maximum Gasteiger partial charge on any atom is 0.394 e. The number of hydrogen-bond donors (Lipinski definition) is 0. The van der Waals surface area contributed by atoms with Crippen LogP contribution in [0.1, 0.15) is 53.9 Å². The molecule has 3 unspecified atom stereocenters. The van der Waals surface area contributed by atoms with Crippen LogP contribution in [-0.2, 0) is 4.74 Å². The molecule has 3 fully saturated rings. The van der Waals surface area contributed by atoms with Gasteiger partial charge in [0.1, 0.15) is 11.6 Å². The zero-order chi connectivity index (χ0) is 23.7. The third-order valence-electron chi connectivity index (χ3n) is 7.78. The average Bonchev–Trinajstić information content (AvgIpc) is 2.79. The number of halogens is 3. The summed E-state index contributed by atoms with van der Waals surface area (Å²) in [5.41, 5.74) is 2.63. The van der Waals surface area contributed by atoms with Gasteiger partial charge in [-0.3, -0.25) is 4.98 Å². The van der Waals surface area contributed by atoms with E-state index in [4.69, 9.17) is 9.72 Å². The highest BCUT2D eigenvalue weighted by Gasteiger charge is 2.73. The van der Waals surface area contributed by atoms with Gasteiger partial charge >= 0.3 is 6.18 Å². The third-order valence-corrected chi connectivity index (χ3v) is 7.78. The van der Waals surface area contributed by atoms with Crippen molar-refractivity contribution in [2.24, 2.45) is 11.3 Å². The van der Waals surface area contributed by atoms with Crippen LogP contribution in [0.25, 0.3) is 11.2 Å². The van der Waals surface area contributed by atoms with Gasteiger partial charge in [0.05, 0.1) is 30.0 Å². The van der Waals surface area contributed by atoms with E-state index in [0.29, 0.717) is 54.6 Å². The molecule has 4 heterocycles. The summed E-state index contributed by atoms with van der Waals surface area (Å²) in [5.74, 6) is -0.250. The molecular weight excluding hydrogens is 445 g/mol. The van der Waals surface area contributed by atoms with Crippen molar-refractivity contribution in [1.82, 2.24) is 24.9 Å². The van der Waals surface area contributed by atoms with Gasteiger partial charge in [-0.25, -0.2) is 15.0 Å². The summed E-state index contributed by atoms with van der Waals surface area (Å²) in [5, 5.41) is 0. The molecular formula is C24H25F3N6O. The lowest BCUT2D eigenvalue weighted by Crippen LogP contribution is -2.62. The Morgan fingerprint density at radius 2 is 1.97 bits per heavy atom. The quantitative estimate of drug-likeness (QED) is 0.560. The van der Waals surface area contributed by atoms with Crippen molar-refractivity contribution < 1.29 is 17.9 Å². The summed E-state index contributed by atoms with van der Waals surface area (Å²) in [6.07, 6.45) is -0.139. The van der Waals surface area contributed by atoms with Crippen LogP contribution in [-0.4, -0.2) is 50.8 Å². The molecule has 0 radical (unpaired) electrons. The number of fused-ring (bicyclic) bond motifs is 2. The Kier molecular flexibility index (Phi) is 4.81. The topological polar surface area (TPSA) is 76.9 Å². The van der Waals surface area contributed by atoms with Gasteiger partial charge in [0, 0.05) is 30.6 Å². The maximum absolute atomic E-state index is 13.8. The molecule has 1 aliphatic heterocycles. The largest absolute Gasteiger partial charge is 0.394 e. The van der Waals surface area contributed by atoms with E-state index in [9.17, 15) is 13.2 Å². The van der Waals surface area contributed by atoms with Crippen LogP contribution in [0.3, 0.4) is 0 Å². The minimum atomic E-state index is -4.18. The van der Waals surface area contributed by atoms with Crippen LogP contribution < -0.4 is 4.90 Å². The molecule has 3 aliphatic rings. The van der Waals surface area contributed by atoms with E-state index in [0.717, 1.165) is 11.3 Å². The molecule has 3 aromatic rings. The number of aromatic nitrogens is 5. The first-order valence-electron chi connectivity index (χ1n) is 11.6. The van der Waals surface area contributed by atoms with Crippen molar-refractivity contribution in [1.29, 1.82) is 0 Å². The number of rotatable bonds is 3. The van der Waals surface area contributed by atoms with Crippen LogP contribution >= 0.6 is 0 Å². The molecule has 0 amide bonds. The van der Waals surface area contributed by atoms with E-state index in [1.807, 2.05) is 30.9 Å². The first-order valence-corrected chi connectivity index (χ1v) is 11.6. The van der Waals surface area contributed by atoms with Crippen LogP contribution in [0.5, 0.6) is 0 Å². The summed E-state index contributed by atoms with van der Waals surface area (Å²) in [6, 6.07) is 3.93. The van der Waals surface area contributed by atoms with Crippen molar-refractivity contribution in [2.45, 2.75) is 51.3 Å². The predicted molar refractivity (Wildman–Crippen MR) is 118 cm³/mol. The molecule has 0 spiro atoms. The zero-order valence-electron chi connectivity index (χ0n) is 19.0. The minimum Gasteiger partial charge on any atom is -0.370 e. The first-order chi connectivity index (χ1) is 16.2. The molecule has 3 aromatic heterocycles. The highest BCUT2D eigenvalue weighted by Crippen LogP contribution is 2.73. The molecule has 1 saturated heterocycles. The van der Waals surface area contributed by atoms with E-state index in [1.54, 1.807) is 12.4 Å². The number of ether oxygens (including phenoxy) is 1. The molecule has 2 saturated carbocycles. The van der Waals surface area contributed by atoms with E-state index in [2.05, 4.69) is 19.9 Å². The number of alkyl halides is 3. The van der Waals surface area contributed by atoms with Crippen molar-refractivity contribution in [3.05, 3.63) is 47.2 Å². The fourth-order valence-corrected chi connectivity index (χ4v) is 5.83. The molecule has 10 heteroatoms. The monoisotopic (exact) mass is 470 g/mol. The van der Waals surface area contributed by atoms with Gasteiger partial charge in [0.2, 0.25) is 5.95 Å². The summed E-state index contributed by atoms with van der Waals surface area (Å²) >= 11 is 0. The van der Waals surface area contributed by atoms with Crippen molar-refractivity contribution >= 4 is 17.1 Å². The summed E-state index contributed by atoms with van der Waals surface area (Å²) in [4.78, 5) is 24.8. The average molecular weight is 470 g/mol. The summed E-state index contributed by atoms with van der Waals surface area (Å²) in [6.45, 7) is 5.38. The van der Waals surface area contributed by atoms with E-state index in [-0.39, 0.29) is 24.9 Å². The summed E-state index contributed by atoms with van der Waals surface area (Å²) < 4.78 is 47.3. The lowest BCUT2D eigenvalue weighted by Gasteiger charge is -2.63. The molecule has 34 heavy (non-hydrogen) atoms. The lowest BCUT2D eigenvalue weighted by atomic mass is 9.42. The van der Waals surface area contributed by atoms with Gasteiger partial charge in [-0.05, 0) is 56.7 Å². The number of anilines is 1. The molecule has 0 N–H and O–H groups in total. The van der Waals surface area contributed by atoms with Gasteiger partial charge < -0.3 is 9.64 Å². The van der Waals surface area contributed by atoms with Crippen LogP contribution in [0.2, 0.25) is 0 Å². The van der Waals surface area contributed by atoms with Gasteiger partial charge in [-0.1, -0.05) is 0 Å². The molecule has 2 aliphatic carbocycles. The van der Waals surface area contributed by atoms with Crippen molar-refractivity contribution in [2.75, 3.05) is 24.6 Å². The Morgan fingerprint density at radius 1 is 1.12 bits per heavy atom. The Morgan fingerprint density at radius 3 is 2.68 bits per heavy atom. The molecule has 4 atom stereocenters. The van der Waals surface area contributed by atoms with Gasteiger partial charge in [0.15, 0.2) is 5.65 Å². The standard InChI is InChI=1S/C24H25F3N6O/c1-13-9-15(4-6-28-13)18-12-33(7-8-34-18)22-31-19(20-21(32-22)30-14(2)11-29-20)16-10-23(24(25,26)27)5-3-17(16)23/h4,6,9,11,16-18H,3,5,7-8,10,12H2,1-2H3/t16?,17?,18-,23?/m1/s1. The SMILES string of the molecule is Cc1cc([C@H]2CN(c3nc(C4CC5(C(F)(F)F)CCC45)c4ncc(C)nc4n3)CCO2)ccn1. The normalized spacial score (nSPS) is 28.9. The van der Waals surface area contributed by atoms with Crippen molar-refractivity contribution in [3.8, 4) is 0 Å². The Bertz CT molecular complexity index is 1270. The number of nitrogens with zero attached hydrogens (tertiary/aromatic N) is 6. The van der Waals surface area contributed by atoms with Gasteiger partial charge in [0.25, 0.3) is 0 Å². The Balaban J connectivity index is 1.36. The second-order valence-electron chi connectivity index (χ2n) is 9.74. The second kappa shape index (κ2) is 7.56. The van der Waals surface area contributed by atoms with E-state index >= 15 is 0 Å². The van der Waals surface area contributed by atoms with Crippen LogP contribution in [0.4, 0.5) is 19.1 Å². The second-order valence-corrected chi connectivity index (χ2v) is 9.74. The van der Waals surface area contributed by atoms with Crippen molar-refractivity contribution in [3.63, 3.8) is 0 Å². The molecule has 0 aromatic carbocycles. The minimum absolute atomic E-state index is 0.0598. The highest BCUT2D eigenvalue weighted by molar-refractivity contribution is 5.75. The molecule has 7 nitrogen and oxygen atoms in total. The Hall–Kier alpha value is -2.88. The van der Waals surface area contributed by atoms with E-state index < -0.39 is 17.5 Å². The van der Waals surface area contributed by atoms with Crippen LogP contribution in [0, 0.1) is 25.2 Å². The van der Waals surface area contributed by atoms with Gasteiger partial charge in [-0.15, -0.1) is 0 Å². The number of pyridine rings is 1. The number of hydrogen-bond acceptors (Lipinski definition) is 7. The smallest absolute Gasteiger partial charge is 0.370 e. The fourth-order valence-electron chi connectivity index (χ4n) is 5.83. The van der Waals surface area contributed by atoms with Gasteiger partial charge in [-0.2, -0.15) is 18.2 Å². The molecule has 6 rings (SSSR count). The fraction of sp³-hybridized carbons (Fsp3) is 0.542. The zero-order valence-corrected chi connectivity index (χ0v) is 19.0. The highest BCUT2D eigenvalue weighted by atomic mass is 19.4. The number of aryl methyl sites for hydroxylation is 2. The van der Waals surface area contributed by atoms with E-state index in [1.165, 1.54) is 0 Å².